The number of Topliss-reactive ketones (excluding diaryl/α,β-unsaturated/α-hetero) is 1. The number of ketones is 1. The molecule has 43 heavy (non-hydrogen) atoms. The van der Waals surface area contributed by atoms with E-state index in [0.29, 0.717) is 46.5 Å². The lowest BCUT2D eigenvalue weighted by molar-refractivity contribution is -0.136. The van der Waals surface area contributed by atoms with E-state index >= 15 is 0 Å². The van der Waals surface area contributed by atoms with Gasteiger partial charge in [0.15, 0.2) is 5.82 Å². The van der Waals surface area contributed by atoms with E-state index in [1.165, 1.54) is 32.0 Å². The summed E-state index contributed by atoms with van der Waals surface area (Å²) in [4.78, 5) is 35.5. The number of hydrogen-bond acceptors (Lipinski definition) is 8. The largest absolute Gasteiger partial charge is 0.351 e. The SMILES string of the molecule is C#Cc1cccc(Nc2ncnc3cnc(NC4CCC(C(=O)C56C(N7CCCC7)C(C)CCC5C6(C)C)CC4)nc23)c1. The number of carbonyl (C=O) groups excluding carboxylic acids is 1. The molecule has 3 aromatic rings. The van der Waals surface area contributed by atoms with Gasteiger partial charge >= 0.3 is 0 Å². The molecule has 3 saturated carbocycles. The van der Waals surface area contributed by atoms with Crippen molar-refractivity contribution in [3.05, 3.63) is 42.4 Å². The molecule has 2 aromatic heterocycles. The number of likely N-dealkylation sites (tertiary alicyclic amines) is 1. The van der Waals surface area contributed by atoms with Crippen LogP contribution in [0.4, 0.5) is 17.5 Å². The summed E-state index contributed by atoms with van der Waals surface area (Å²) >= 11 is 0. The highest BCUT2D eigenvalue weighted by Gasteiger charge is 2.80. The van der Waals surface area contributed by atoms with Gasteiger partial charge < -0.3 is 10.6 Å². The van der Waals surface area contributed by atoms with Crippen molar-refractivity contribution in [3.8, 4) is 12.3 Å². The minimum Gasteiger partial charge on any atom is -0.351 e. The predicted molar refractivity (Wildman–Crippen MR) is 170 cm³/mol. The van der Waals surface area contributed by atoms with Gasteiger partial charge in [-0.1, -0.05) is 32.8 Å². The molecule has 0 bridgehead atoms. The Bertz CT molecular complexity index is 1570. The van der Waals surface area contributed by atoms with Crippen LogP contribution in [0.5, 0.6) is 0 Å². The third kappa shape index (κ3) is 4.68. The maximum atomic E-state index is 14.6. The van der Waals surface area contributed by atoms with Crippen molar-refractivity contribution in [2.24, 2.45) is 28.6 Å². The Morgan fingerprint density at radius 2 is 1.84 bits per heavy atom. The third-order valence-electron chi connectivity index (χ3n) is 11.4. The molecule has 1 aromatic carbocycles. The van der Waals surface area contributed by atoms with Crippen LogP contribution in [-0.2, 0) is 4.79 Å². The van der Waals surface area contributed by atoms with Crippen molar-refractivity contribution in [2.45, 2.75) is 84.2 Å². The van der Waals surface area contributed by atoms with Crippen molar-refractivity contribution in [3.63, 3.8) is 0 Å². The number of aromatic nitrogens is 4. The molecule has 2 N–H and O–H groups in total. The number of hydrogen-bond donors (Lipinski definition) is 2. The van der Waals surface area contributed by atoms with E-state index in [9.17, 15) is 4.79 Å². The van der Waals surface area contributed by atoms with Crippen molar-refractivity contribution in [1.29, 1.82) is 0 Å². The maximum absolute atomic E-state index is 14.6. The van der Waals surface area contributed by atoms with Crippen molar-refractivity contribution in [2.75, 3.05) is 23.7 Å². The zero-order valence-corrected chi connectivity index (χ0v) is 25.6. The quantitative estimate of drug-likeness (QED) is 0.320. The van der Waals surface area contributed by atoms with Crippen LogP contribution in [0.3, 0.4) is 0 Å². The van der Waals surface area contributed by atoms with E-state index in [1.807, 2.05) is 24.3 Å². The lowest BCUT2D eigenvalue weighted by Gasteiger charge is -2.45. The summed E-state index contributed by atoms with van der Waals surface area (Å²) in [6.07, 6.45) is 17.6. The third-order valence-corrected chi connectivity index (χ3v) is 11.4. The van der Waals surface area contributed by atoms with Crippen molar-refractivity contribution < 1.29 is 4.79 Å². The Labute approximate surface area is 254 Å². The molecule has 7 rings (SSSR count). The number of rotatable bonds is 7. The highest BCUT2D eigenvalue weighted by atomic mass is 16.1. The Morgan fingerprint density at radius 1 is 1.05 bits per heavy atom. The number of anilines is 3. The number of nitrogens with one attached hydrogen (secondary N) is 2. The van der Waals surface area contributed by atoms with Crippen LogP contribution < -0.4 is 10.6 Å². The van der Waals surface area contributed by atoms with E-state index in [-0.39, 0.29) is 22.8 Å². The molecule has 1 aliphatic heterocycles. The molecule has 0 spiro atoms. The van der Waals surface area contributed by atoms with Crippen molar-refractivity contribution in [1.82, 2.24) is 24.8 Å². The lowest BCUT2D eigenvalue weighted by Crippen LogP contribution is -2.53. The zero-order chi connectivity index (χ0) is 29.8. The first-order chi connectivity index (χ1) is 20.8. The number of benzene rings is 1. The predicted octanol–water partition coefficient (Wildman–Crippen LogP) is 6.22. The molecule has 8 heteroatoms. The molecule has 4 fully saturated rings. The van der Waals surface area contributed by atoms with Gasteiger partial charge in [-0.3, -0.25) is 9.69 Å². The van der Waals surface area contributed by atoms with Crippen LogP contribution >= 0.6 is 0 Å². The number of carbonyl (C=O) groups is 1. The summed E-state index contributed by atoms with van der Waals surface area (Å²) in [6.45, 7) is 9.51. The van der Waals surface area contributed by atoms with Crippen LogP contribution in [0, 0.1) is 40.9 Å². The first kappa shape index (κ1) is 28.2. The molecule has 3 heterocycles. The maximum Gasteiger partial charge on any atom is 0.223 e. The summed E-state index contributed by atoms with van der Waals surface area (Å²) in [5, 5.41) is 6.90. The van der Waals surface area contributed by atoms with Crippen LogP contribution in [-0.4, -0.2) is 55.8 Å². The molecular formula is C35H43N7O. The summed E-state index contributed by atoms with van der Waals surface area (Å²) in [7, 11) is 0. The molecule has 0 amide bonds. The number of terminal acetylenes is 1. The first-order valence-corrected chi connectivity index (χ1v) is 16.2. The Hall–Kier alpha value is -3.57. The monoisotopic (exact) mass is 577 g/mol. The van der Waals surface area contributed by atoms with Crippen LogP contribution in [0.25, 0.3) is 11.0 Å². The Morgan fingerprint density at radius 3 is 2.60 bits per heavy atom. The van der Waals surface area contributed by atoms with E-state index in [0.717, 1.165) is 50.0 Å². The smallest absolute Gasteiger partial charge is 0.223 e. The number of fused-ring (bicyclic) bond motifs is 2. The van der Waals surface area contributed by atoms with E-state index in [4.69, 9.17) is 11.4 Å². The van der Waals surface area contributed by atoms with Crippen LogP contribution in [0.2, 0.25) is 0 Å². The minimum atomic E-state index is -0.162. The average molecular weight is 578 g/mol. The molecule has 4 atom stereocenters. The molecule has 0 radical (unpaired) electrons. The molecular weight excluding hydrogens is 534 g/mol. The van der Waals surface area contributed by atoms with Gasteiger partial charge in [0, 0.05) is 29.3 Å². The number of nitrogens with zero attached hydrogens (tertiary/aromatic N) is 5. The summed E-state index contributed by atoms with van der Waals surface area (Å²) in [6, 6.07) is 8.30. The summed E-state index contributed by atoms with van der Waals surface area (Å²) in [5.41, 5.74) is 2.89. The van der Waals surface area contributed by atoms with Gasteiger partial charge in [0.2, 0.25) is 5.95 Å². The lowest BCUT2D eigenvalue weighted by atomic mass is 9.67. The van der Waals surface area contributed by atoms with Crippen molar-refractivity contribution >= 4 is 34.3 Å². The fraction of sp³-hybridized carbons (Fsp3) is 0.571. The molecule has 4 aliphatic rings. The topological polar surface area (TPSA) is 95.9 Å². The zero-order valence-electron chi connectivity index (χ0n) is 25.6. The van der Waals surface area contributed by atoms with Gasteiger partial charge in [0.05, 0.1) is 11.6 Å². The summed E-state index contributed by atoms with van der Waals surface area (Å²) < 4.78 is 0. The second-order valence-electron chi connectivity index (χ2n) is 13.9. The fourth-order valence-corrected chi connectivity index (χ4v) is 9.28. The van der Waals surface area contributed by atoms with Gasteiger partial charge in [-0.15, -0.1) is 6.42 Å². The van der Waals surface area contributed by atoms with Gasteiger partial charge in [-0.25, -0.2) is 19.9 Å². The summed E-state index contributed by atoms with van der Waals surface area (Å²) in [5.74, 6) is 5.69. The van der Waals surface area contributed by atoms with E-state index in [1.54, 1.807) is 6.20 Å². The molecule has 3 aliphatic carbocycles. The van der Waals surface area contributed by atoms with E-state index < -0.39 is 0 Å². The van der Waals surface area contributed by atoms with Gasteiger partial charge in [0.25, 0.3) is 0 Å². The molecule has 4 unspecified atom stereocenters. The van der Waals surface area contributed by atoms with Crippen LogP contribution in [0.1, 0.15) is 77.7 Å². The van der Waals surface area contributed by atoms with Gasteiger partial charge in [-0.2, -0.15) is 0 Å². The van der Waals surface area contributed by atoms with Gasteiger partial charge in [-0.05, 0) is 99.9 Å². The highest BCUT2D eigenvalue weighted by molar-refractivity contribution is 5.93. The fourth-order valence-electron chi connectivity index (χ4n) is 9.28. The Kier molecular flexibility index (Phi) is 7.12. The highest BCUT2D eigenvalue weighted by Crippen LogP contribution is 2.77. The molecule has 1 saturated heterocycles. The molecule has 224 valence electrons. The normalized spacial score (nSPS) is 31.6. The Balaban J connectivity index is 1.05. The first-order valence-electron chi connectivity index (χ1n) is 16.2. The average Bonchev–Trinajstić information content (AvgIpc) is 3.30. The standard InChI is InChI=1S/C35H43N7O/c1-5-23-9-8-10-26(19-23)39-32-29-27(37-21-38-32)20-36-33(41-29)40-25-14-12-24(13-15-25)31(43)35-28(34(35,3)4)16-11-22(2)30(35)42-17-6-7-18-42/h1,8-10,19-22,24-25,28,30H,6-7,11-18H2,2-4H3,(H,36,40,41)(H,37,38,39). The van der Waals surface area contributed by atoms with Crippen LogP contribution in [0.15, 0.2) is 36.8 Å². The van der Waals surface area contributed by atoms with Gasteiger partial charge in [0.1, 0.15) is 23.1 Å². The minimum absolute atomic E-state index is 0.103. The second-order valence-corrected chi connectivity index (χ2v) is 13.9. The van der Waals surface area contributed by atoms with E-state index in [2.05, 4.69) is 57.2 Å². The second kappa shape index (κ2) is 10.9. The molecule has 8 nitrogen and oxygen atoms in total.